The minimum atomic E-state index is -1.37. The average Bonchev–Trinajstić information content (AvgIpc) is 2.67. The van der Waals surface area contributed by atoms with E-state index in [9.17, 15) is 19.8 Å². The summed E-state index contributed by atoms with van der Waals surface area (Å²) in [6, 6.07) is 0. The highest BCUT2D eigenvalue weighted by atomic mass is 79.9. The summed E-state index contributed by atoms with van der Waals surface area (Å²) in [6.45, 7) is 0. The summed E-state index contributed by atoms with van der Waals surface area (Å²) < 4.78 is -1.37. The predicted octanol–water partition coefficient (Wildman–Crippen LogP) is 1.85. The molecule has 6 heteroatoms. The molecule has 0 aromatic heterocycles. The number of carboxylic acids is 2. The van der Waals surface area contributed by atoms with Crippen LogP contribution in [0.25, 0.3) is 0 Å². The molecule has 84 valence electrons. The molecule has 2 saturated carbocycles. The van der Waals surface area contributed by atoms with E-state index >= 15 is 0 Å². The second-order valence-corrected chi connectivity index (χ2v) is 6.55. The van der Waals surface area contributed by atoms with E-state index in [1.807, 2.05) is 0 Å². The Kier molecular flexibility index (Phi) is 2.43. The van der Waals surface area contributed by atoms with Crippen LogP contribution in [0, 0.1) is 11.3 Å². The third-order valence-electron chi connectivity index (χ3n) is 3.76. The van der Waals surface area contributed by atoms with E-state index in [0.29, 0.717) is 12.8 Å². The van der Waals surface area contributed by atoms with Crippen molar-refractivity contribution >= 4 is 43.8 Å². The Morgan fingerprint density at radius 3 is 2.27 bits per heavy atom. The molecule has 4 nitrogen and oxygen atoms in total. The van der Waals surface area contributed by atoms with Crippen molar-refractivity contribution in [1.82, 2.24) is 0 Å². The zero-order chi connectivity index (χ0) is 11.4. The van der Waals surface area contributed by atoms with E-state index in [0.717, 1.165) is 6.42 Å². The molecule has 0 aliphatic heterocycles. The Morgan fingerprint density at radius 2 is 1.87 bits per heavy atom. The third-order valence-corrected chi connectivity index (χ3v) is 7.40. The predicted molar refractivity (Wildman–Crippen MR) is 59.4 cm³/mol. The first-order chi connectivity index (χ1) is 6.86. The standard InChI is InChI=1S/C9H10Br2O4/c10-5-4-1-2-8(3-4,6(12)13)9(5,11)7(14)15/h4-5H,1-3H2,(H,12,13)(H,14,15). The molecule has 4 unspecified atom stereocenters. The van der Waals surface area contributed by atoms with Gasteiger partial charge in [-0.2, -0.15) is 0 Å². The van der Waals surface area contributed by atoms with Crippen molar-refractivity contribution in [3.63, 3.8) is 0 Å². The van der Waals surface area contributed by atoms with Crippen LogP contribution in [-0.2, 0) is 9.59 Å². The Hall–Kier alpha value is -0.100. The fourth-order valence-corrected chi connectivity index (χ4v) is 4.91. The van der Waals surface area contributed by atoms with E-state index in [1.165, 1.54) is 0 Å². The molecule has 2 bridgehead atoms. The fraction of sp³-hybridized carbons (Fsp3) is 0.778. The van der Waals surface area contributed by atoms with Gasteiger partial charge in [-0.3, -0.25) is 9.59 Å². The summed E-state index contributed by atoms with van der Waals surface area (Å²) in [5.74, 6) is -1.96. The van der Waals surface area contributed by atoms with Crippen molar-refractivity contribution in [3.8, 4) is 0 Å². The number of hydrogen-bond acceptors (Lipinski definition) is 2. The smallest absolute Gasteiger partial charge is 0.322 e. The van der Waals surface area contributed by atoms with E-state index < -0.39 is 21.7 Å². The molecule has 2 fully saturated rings. The van der Waals surface area contributed by atoms with Crippen molar-refractivity contribution in [2.75, 3.05) is 0 Å². The van der Waals surface area contributed by atoms with Crippen LogP contribution >= 0.6 is 31.9 Å². The molecule has 0 amide bonds. The van der Waals surface area contributed by atoms with Gasteiger partial charge in [-0.15, -0.1) is 0 Å². The molecule has 0 spiro atoms. The molecule has 2 N–H and O–H groups in total. The van der Waals surface area contributed by atoms with Crippen LogP contribution in [0.15, 0.2) is 0 Å². The summed E-state index contributed by atoms with van der Waals surface area (Å²) in [7, 11) is 0. The highest BCUT2D eigenvalue weighted by Crippen LogP contribution is 2.65. The second-order valence-electron chi connectivity index (χ2n) is 4.31. The summed E-state index contributed by atoms with van der Waals surface area (Å²) in [4.78, 5) is 22.3. The number of alkyl halides is 2. The highest BCUT2D eigenvalue weighted by molar-refractivity contribution is 9.13. The molecule has 2 aliphatic rings. The molecular formula is C9H10Br2O4. The molecule has 2 aliphatic carbocycles. The minimum absolute atomic E-state index is 0.136. The number of halogens is 2. The maximum Gasteiger partial charge on any atom is 0.322 e. The number of aliphatic carboxylic acids is 2. The Bertz CT molecular complexity index is 331. The average molecular weight is 342 g/mol. The van der Waals surface area contributed by atoms with Crippen molar-refractivity contribution < 1.29 is 19.8 Å². The van der Waals surface area contributed by atoms with Gasteiger partial charge < -0.3 is 10.2 Å². The number of carboxylic acid groups (broad SMARTS) is 2. The van der Waals surface area contributed by atoms with Crippen LogP contribution in [-0.4, -0.2) is 31.3 Å². The van der Waals surface area contributed by atoms with Gasteiger partial charge in [0, 0.05) is 4.83 Å². The topological polar surface area (TPSA) is 74.6 Å². The molecule has 0 saturated heterocycles. The monoisotopic (exact) mass is 340 g/mol. The van der Waals surface area contributed by atoms with Crippen LogP contribution in [0.3, 0.4) is 0 Å². The maximum atomic E-state index is 11.3. The zero-order valence-corrected chi connectivity index (χ0v) is 10.9. The van der Waals surface area contributed by atoms with Crippen molar-refractivity contribution in [3.05, 3.63) is 0 Å². The lowest BCUT2D eigenvalue weighted by Crippen LogP contribution is -2.55. The maximum absolute atomic E-state index is 11.3. The first kappa shape index (κ1) is 11.4. The van der Waals surface area contributed by atoms with Crippen LogP contribution in [0.2, 0.25) is 0 Å². The van der Waals surface area contributed by atoms with Crippen molar-refractivity contribution in [2.24, 2.45) is 11.3 Å². The molecule has 0 aromatic carbocycles. The number of carbonyl (C=O) groups is 2. The quantitative estimate of drug-likeness (QED) is 0.752. The van der Waals surface area contributed by atoms with Gasteiger partial charge in [0.1, 0.15) is 0 Å². The van der Waals surface area contributed by atoms with Crippen LogP contribution in [0.1, 0.15) is 19.3 Å². The number of hydrogen-bond donors (Lipinski definition) is 2. The summed E-state index contributed by atoms with van der Waals surface area (Å²) in [6.07, 6.45) is 1.66. The Balaban J connectivity index is 2.54. The Morgan fingerprint density at radius 1 is 1.27 bits per heavy atom. The molecule has 0 heterocycles. The van der Waals surface area contributed by atoms with Gasteiger partial charge in [-0.1, -0.05) is 31.9 Å². The molecule has 2 rings (SSSR count). The minimum Gasteiger partial charge on any atom is -0.481 e. The van der Waals surface area contributed by atoms with Crippen molar-refractivity contribution in [1.29, 1.82) is 0 Å². The first-order valence-corrected chi connectivity index (χ1v) is 6.37. The fourth-order valence-electron chi connectivity index (χ4n) is 2.92. The normalized spacial score (nSPS) is 48.1. The van der Waals surface area contributed by atoms with Gasteiger partial charge >= 0.3 is 11.9 Å². The van der Waals surface area contributed by atoms with Gasteiger partial charge in [0.05, 0.1) is 5.41 Å². The van der Waals surface area contributed by atoms with Crippen molar-refractivity contribution in [2.45, 2.75) is 28.4 Å². The SMILES string of the molecule is O=C(O)C12CCC(C1)C(Br)C2(Br)C(=O)O. The van der Waals surface area contributed by atoms with Crippen LogP contribution < -0.4 is 0 Å². The first-order valence-electron chi connectivity index (χ1n) is 4.66. The summed E-state index contributed by atoms with van der Waals surface area (Å²) >= 11 is 6.49. The molecule has 15 heavy (non-hydrogen) atoms. The molecule has 0 aromatic rings. The van der Waals surface area contributed by atoms with E-state index in [-0.39, 0.29) is 10.7 Å². The van der Waals surface area contributed by atoms with Crippen LogP contribution in [0.5, 0.6) is 0 Å². The van der Waals surface area contributed by atoms with E-state index in [4.69, 9.17) is 0 Å². The van der Waals surface area contributed by atoms with Gasteiger partial charge in [-0.25, -0.2) is 0 Å². The van der Waals surface area contributed by atoms with E-state index in [2.05, 4.69) is 31.9 Å². The van der Waals surface area contributed by atoms with Gasteiger partial charge in [0.25, 0.3) is 0 Å². The summed E-state index contributed by atoms with van der Waals surface area (Å²) in [5, 5.41) is 18.5. The third kappa shape index (κ3) is 1.12. The second kappa shape index (κ2) is 3.20. The lowest BCUT2D eigenvalue weighted by Gasteiger charge is -2.38. The van der Waals surface area contributed by atoms with E-state index in [1.54, 1.807) is 0 Å². The number of rotatable bonds is 2. The van der Waals surface area contributed by atoms with Crippen LogP contribution in [0.4, 0.5) is 0 Å². The lowest BCUT2D eigenvalue weighted by atomic mass is 9.74. The Labute approximate surface area is 103 Å². The van der Waals surface area contributed by atoms with Gasteiger partial charge in [-0.05, 0) is 25.2 Å². The zero-order valence-electron chi connectivity index (χ0n) is 7.74. The summed E-state index contributed by atoms with van der Waals surface area (Å²) in [5.41, 5.74) is -1.16. The number of fused-ring (bicyclic) bond motifs is 2. The van der Waals surface area contributed by atoms with Gasteiger partial charge in [0.2, 0.25) is 0 Å². The molecule has 4 atom stereocenters. The van der Waals surface area contributed by atoms with Gasteiger partial charge in [0.15, 0.2) is 4.32 Å². The lowest BCUT2D eigenvalue weighted by molar-refractivity contribution is -0.157. The largest absolute Gasteiger partial charge is 0.481 e. The highest BCUT2D eigenvalue weighted by Gasteiger charge is 2.73. The molecular weight excluding hydrogens is 332 g/mol. The molecule has 0 radical (unpaired) electrons.